The second-order valence-corrected chi connectivity index (χ2v) is 7.91. The Hall–Kier alpha value is -2.80. The summed E-state index contributed by atoms with van der Waals surface area (Å²) in [7, 11) is 0. The number of anilines is 1. The Bertz CT molecular complexity index is 922. The summed E-state index contributed by atoms with van der Waals surface area (Å²) >= 11 is 1.32. The van der Waals surface area contributed by atoms with Crippen molar-refractivity contribution < 1.29 is 14.4 Å². The molecule has 1 aliphatic heterocycles. The first kappa shape index (κ1) is 18.6. The predicted octanol–water partition coefficient (Wildman–Crippen LogP) is 3.26. The van der Waals surface area contributed by atoms with Gasteiger partial charge in [-0.2, -0.15) is 0 Å². The molecule has 0 bridgehead atoms. The van der Waals surface area contributed by atoms with Crippen LogP contribution in [0, 0.1) is 11.8 Å². The van der Waals surface area contributed by atoms with E-state index in [0.717, 1.165) is 22.6 Å². The summed E-state index contributed by atoms with van der Waals surface area (Å²) < 4.78 is 0. The van der Waals surface area contributed by atoms with Gasteiger partial charge in [0, 0.05) is 10.9 Å². The number of carbonyl (C=O) groups is 3. The number of amides is 3. The molecule has 2 aliphatic rings. The first-order valence-electron chi connectivity index (χ1n) is 9.41. The SMILES string of the molecule is CCc1ccc(-c2csc(NC(=O)CN3C(=O)[C@H]4CC=CC[C@@H]4C3=O)n2)cc1. The zero-order valence-corrected chi connectivity index (χ0v) is 16.4. The fraction of sp³-hybridized carbons (Fsp3) is 0.333. The van der Waals surface area contributed by atoms with Gasteiger partial charge in [0.1, 0.15) is 6.54 Å². The normalized spacial score (nSPS) is 21.1. The Morgan fingerprint density at radius 1 is 1.14 bits per heavy atom. The molecule has 7 heteroatoms. The van der Waals surface area contributed by atoms with Crippen molar-refractivity contribution in [3.63, 3.8) is 0 Å². The smallest absolute Gasteiger partial charge is 0.246 e. The van der Waals surface area contributed by atoms with Crippen molar-refractivity contribution in [1.29, 1.82) is 0 Å². The molecule has 0 unspecified atom stereocenters. The molecule has 1 N–H and O–H groups in total. The van der Waals surface area contributed by atoms with Crippen molar-refractivity contribution >= 4 is 34.2 Å². The van der Waals surface area contributed by atoms with E-state index in [2.05, 4.69) is 29.4 Å². The molecule has 1 aliphatic carbocycles. The van der Waals surface area contributed by atoms with Gasteiger partial charge < -0.3 is 5.32 Å². The van der Waals surface area contributed by atoms with Crippen LogP contribution < -0.4 is 5.32 Å². The van der Waals surface area contributed by atoms with Crippen LogP contribution in [-0.2, 0) is 20.8 Å². The van der Waals surface area contributed by atoms with Gasteiger partial charge >= 0.3 is 0 Å². The Morgan fingerprint density at radius 2 is 1.79 bits per heavy atom. The van der Waals surface area contributed by atoms with E-state index in [1.165, 1.54) is 16.9 Å². The van der Waals surface area contributed by atoms with Gasteiger partial charge in [-0.05, 0) is 24.8 Å². The Morgan fingerprint density at radius 3 is 2.39 bits per heavy atom. The third kappa shape index (κ3) is 3.49. The summed E-state index contributed by atoms with van der Waals surface area (Å²) in [5, 5.41) is 5.04. The molecule has 2 atom stereocenters. The summed E-state index contributed by atoms with van der Waals surface area (Å²) in [6, 6.07) is 8.14. The van der Waals surface area contributed by atoms with Gasteiger partial charge in [0.25, 0.3) is 0 Å². The fourth-order valence-corrected chi connectivity index (χ4v) is 4.44. The molecule has 1 aromatic carbocycles. The van der Waals surface area contributed by atoms with E-state index in [1.807, 2.05) is 29.7 Å². The summed E-state index contributed by atoms with van der Waals surface area (Å²) in [5.74, 6) is -1.53. The van der Waals surface area contributed by atoms with Crippen LogP contribution in [0.5, 0.6) is 0 Å². The van der Waals surface area contributed by atoms with E-state index >= 15 is 0 Å². The minimum absolute atomic E-state index is 0.245. The van der Waals surface area contributed by atoms with Crippen molar-refractivity contribution in [2.24, 2.45) is 11.8 Å². The molecule has 144 valence electrons. The number of aryl methyl sites for hydroxylation is 1. The molecule has 3 amide bonds. The molecule has 28 heavy (non-hydrogen) atoms. The highest BCUT2D eigenvalue weighted by Gasteiger charge is 2.47. The molecular weight excluding hydrogens is 374 g/mol. The number of allylic oxidation sites excluding steroid dienone is 2. The lowest BCUT2D eigenvalue weighted by atomic mass is 9.85. The summed E-state index contributed by atoms with van der Waals surface area (Å²) in [5.41, 5.74) is 3.02. The number of nitrogens with one attached hydrogen (secondary N) is 1. The van der Waals surface area contributed by atoms with Crippen molar-refractivity contribution in [2.75, 3.05) is 11.9 Å². The van der Waals surface area contributed by atoms with Crippen molar-refractivity contribution in [1.82, 2.24) is 9.88 Å². The van der Waals surface area contributed by atoms with Crippen LogP contribution >= 0.6 is 11.3 Å². The minimum atomic E-state index is -0.407. The average Bonchev–Trinajstić information content (AvgIpc) is 3.27. The monoisotopic (exact) mass is 395 g/mol. The molecule has 2 heterocycles. The summed E-state index contributed by atoms with van der Waals surface area (Å²) in [6.07, 6.45) is 5.98. The highest BCUT2D eigenvalue weighted by molar-refractivity contribution is 7.14. The topological polar surface area (TPSA) is 79.4 Å². The lowest BCUT2D eigenvalue weighted by Crippen LogP contribution is -2.38. The van der Waals surface area contributed by atoms with Gasteiger partial charge in [0.05, 0.1) is 17.5 Å². The number of hydrogen-bond acceptors (Lipinski definition) is 5. The number of aromatic nitrogens is 1. The van der Waals surface area contributed by atoms with Crippen LogP contribution in [-0.4, -0.2) is 34.2 Å². The van der Waals surface area contributed by atoms with Gasteiger partial charge in [0.2, 0.25) is 17.7 Å². The minimum Gasteiger partial charge on any atom is -0.300 e. The average molecular weight is 395 g/mol. The molecule has 6 nitrogen and oxygen atoms in total. The zero-order chi connectivity index (χ0) is 19.7. The molecule has 1 saturated heterocycles. The molecule has 0 spiro atoms. The highest BCUT2D eigenvalue weighted by atomic mass is 32.1. The standard InChI is InChI=1S/C21H21N3O3S/c1-2-13-7-9-14(10-8-13)17-12-28-21(22-17)23-18(25)11-24-19(26)15-5-3-4-6-16(15)20(24)27/h3-4,7-10,12,15-16H,2,5-6,11H2,1H3,(H,22,23,25)/t15-,16-/m0/s1. The van der Waals surface area contributed by atoms with Crippen LogP contribution in [0.15, 0.2) is 41.8 Å². The lowest BCUT2D eigenvalue weighted by molar-refractivity contribution is -0.142. The number of carbonyl (C=O) groups excluding carboxylic acids is 3. The Labute approximate surface area is 167 Å². The maximum Gasteiger partial charge on any atom is 0.246 e. The second-order valence-electron chi connectivity index (χ2n) is 7.05. The Kier molecular flexibility index (Phi) is 5.09. The van der Waals surface area contributed by atoms with Gasteiger partial charge in [-0.3, -0.25) is 19.3 Å². The number of nitrogens with zero attached hydrogens (tertiary/aromatic N) is 2. The van der Waals surface area contributed by atoms with E-state index < -0.39 is 5.91 Å². The predicted molar refractivity (Wildman–Crippen MR) is 108 cm³/mol. The largest absolute Gasteiger partial charge is 0.300 e. The lowest BCUT2D eigenvalue weighted by Gasteiger charge is -2.14. The number of imide groups is 1. The van der Waals surface area contributed by atoms with E-state index in [-0.39, 0.29) is 30.2 Å². The number of rotatable bonds is 5. The first-order chi connectivity index (χ1) is 13.6. The number of fused-ring (bicyclic) bond motifs is 1. The summed E-state index contributed by atoms with van der Waals surface area (Å²) in [4.78, 5) is 42.8. The van der Waals surface area contributed by atoms with Crippen molar-refractivity contribution in [3.05, 3.63) is 47.4 Å². The third-order valence-electron chi connectivity index (χ3n) is 5.31. The first-order valence-corrected chi connectivity index (χ1v) is 10.3. The molecule has 0 saturated carbocycles. The van der Waals surface area contributed by atoms with Gasteiger partial charge in [-0.1, -0.05) is 43.3 Å². The molecular formula is C21H21N3O3S. The quantitative estimate of drug-likeness (QED) is 0.623. The van der Waals surface area contributed by atoms with Crippen LogP contribution in [0.25, 0.3) is 11.3 Å². The summed E-state index contributed by atoms with van der Waals surface area (Å²) in [6.45, 7) is 1.84. The molecule has 2 aromatic rings. The van der Waals surface area contributed by atoms with Gasteiger partial charge in [0.15, 0.2) is 5.13 Å². The second kappa shape index (κ2) is 7.67. The van der Waals surface area contributed by atoms with Crippen LogP contribution in [0.3, 0.4) is 0 Å². The maximum absolute atomic E-state index is 12.5. The number of thiazole rings is 1. The number of benzene rings is 1. The fourth-order valence-electron chi connectivity index (χ4n) is 3.70. The Balaban J connectivity index is 1.40. The van der Waals surface area contributed by atoms with Crippen LogP contribution in [0.1, 0.15) is 25.3 Å². The third-order valence-corrected chi connectivity index (χ3v) is 6.07. The molecule has 0 radical (unpaired) electrons. The van der Waals surface area contributed by atoms with Crippen molar-refractivity contribution in [2.45, 2.75) is 26.2 Å². The maximum atomic E-state index is 12.5. The van der Waals surface area contributed by atoms with E-state index in [9.17, 15) is 14.4 Å². The number of hydrogen-bond donors (Lipinski definition) is 1. The highest BCUT2D eigenvalue weighted by Crippen LogP contribution is 2.35. The van der Waals surface area contributed by atoms with Gasteiger partial charge in [-0.15, -0.1) is 11.3 Å². The molecule has 1 fully saturated rings. The van der Waals surface area contributed by atoms with Crippen LogP contribution in [0.2, 0.25) is 0 Å². The van der Waals surface area contributed by atoms with E-state index in [4.69, 9.17) is 0 Å². The van der Waals surface area contributed by atoms with E-state index in [1.54, 1.807) is 0 Å². The van der Waals surface area contributed by atoms with Crippen LogP contribution in [0.4, 0.5) is 5.13 Å². The van der Waals surface area contributed by atoms with E-state index in [0.29, 0.717) is 18.0 Å². The number of likely N-dealkylation sites (tertiary alicyclic amines) is 1. The zero-order valence-electron chi connectivity index (χ0n) is 15.6. The molecule has 1 aromatic heterocycles. The van der Waals surface area contributed by atoms with Gasteiger partial charge in [-0.25, -0.2) is 4.98 Å². The van der Waals surface area contributed by atoms with Crippen molar-refractivity contribution in [3.8, 4) is 11.3 Å². The molecule has 4 rings (SSSR count).